The number of imide groups is 1. The Hall–Kier alpha value is -1.73. The van der Waals surface area contributed by atoms with Crippen LogP contribution in [0.1, 0.15) is 38.2 Å². The Labute approximate surface area is 174 Å². The SMILES string of the molecule is CC1CCC2(CC1)NC(=O)N(CC(=O)NCCSCc1ccc(Cl)cc1)C2=O. The fraction of sp³-hybridized carbons (Fsp3) is 0.550. The second kappa shape index (κ2) is 9.18. The van der Waals surface area contributed by atoms with Gasteiger partial charge >= 0.3 is 6.03 Å². The summed E-state index contributed by atoms with van der Waals surface area (Å²) in [6, 6.07) is 7.22. The van der Waals surface area contributed by atoms with E-state index >= 15 is 0 Å². The number of carbonyl (C=O) groups excluding carboxylic acids is 3. The van der Waals surface area contributed by atoms with Crippen molar-refractivity contribution >= 4 is 41.2 Å². The molecule has 2 N–H and O–H groups in total. The van der Waals surface area contributed by atoms with Gasteiger partial charge in [-0.1, -0.05) is 30.7 Å². The van der Waals surface area contributed by atoms with Crippen LogP contribution in [0, 0.1) is 5.92 Å². The lowest BCUT2D eigenvalue weighted by atomic mass is 9.77. The highest BCUT2D eigenvalue weighted by Crippen LogP contribution is 2.36. The topological polar surface area (TPSA) is 78.5 Å². The number of urea groups is 1. The van der Waals surface area contributed by atoms with E-state index in [1.54, 1.807) is 11.8 Å². The highest BCUT2D eigenvalue weighted by molar-refractivity contribution is 7.98. The van der Waals surface area contributed by atoms with Crippen molar-refractivity contribution in [2.24, 2.45) is 5.92 Å². The van der Waals surface area contributed by atoms with Crippen LogP contribution in [0.2, 0.25) is 5.02 Å². The molecule has 0 aromatic heterocycles. The van der Waals surface area contributed by atoms with Crippen molar-refractivity contribution in [1.29, 1.82) is 0 Å². The lowest BCUT2D eigenvalue weighted by Crippen LogP contribution is -2.50. The van der Waals surface area contributed by atoms with Gasteiger partial charge in [-0.25, -0.2) is 4.79 Å². The first kappa shape index (κ1) is 21.0. The minimum Gasteiger partial charge on any atom is -0.354 e. The van der Waals surface area contributed by atoms with Crippen molar-refractivity contribution in [2.45, 2.75) is 43.9 Å². The highest BCUT2D eigenvalue weighted by Gasteiger charge is 2.52. The molecule has 1 saturated heterocycles. The second-order valence-electron chi connectivity index (χ2n) is 7.62. The van der Waals surface area contributed by atoms with Gasteiger partial charge in [-0.2, -0.15) is 11.8 Å². The fourth-order valence-electron chi connectivity index (χ4n) is 3.65. The van der Waals surface area contributed by atoms with E-state index in [1.165, 1.54) is 5.56 Å². The Morgan fingerprint density at radius 3 is 2.64 bits per heavy atom. The molecule has 8 heteroatoms. The maximum absolute atomic E-state index is 12.7. The van der Waals surface area contributed by atoms with Crippen molar-refractivity contribution in [2.75, 3.05) is 18.8 Å². The standard InChI is InChI=1S/C20H26ClN3O3S/c1-14-6-8-20(9-7-14)18(26)24(19(27)23-20)12-17(25)22-10-11-28-13-15-2-4-16(21)5-3-15/h2-5,14H,6-13H2,1H3,(H,22,25)(H,23,27). The van der Waals surface area contributed by atoms with Gasteiger partial charge in [-0.3, -0.25) is 14.5 Å². The molecule has 1 aliphatic heterocycles. The molecular weight excluding hydrogens is 398 g/mol. The molecule has 0 radical (unpaired) electrons. The van der Waals surface area contributed by atoms with Crippen LogP contribution < -0.4 is 10.6 Å². The normalized spacial score (nSPS) is 24.5. The second-order valence-corrected chi connectivity index (χ2v) is 9.16. The Bertz CT molecular complexity index is 733. The van der Waals surface area contributed by atoms with Gasteiger partial charge in [0.15, 0.2) is 0 Å². The maximum Gasteiger partial charge on any atom is 0.325 e. The zero-order chi connectivity index (χ0) is 20.1. The van der Waals surface area contributed by atoms with Gasteiger partial charge in [0.1, 0.15) is 12.1 Å². The third-order valence-electron chi connectivity index (χ3n) is 5.43. The summed E-state index contributed by atoms with van der Waals surface area (Å²) in [5.74, 6) is 1.59. The first-order valence-electron chi connectivity index (χ1n) is 9.63. The number of nitrogens with one attached hydrogen (secondary N) is 2. The molecule has 2 fully saturated rings. The summed E-state index contributed by atoms with van der Waals surface area (Å²) in [6.45, 7) is 2.43. The first-order valence-corrected chi connectivity index (χ1v) is 11.2. The van der Waals surface area contributed by atoms with Gasteiger partial charge in [0, 0.05) is 23.1 Å². The van der Waals surface area contributed by atoms with Crippen molar-refractivity contribution in [3.8, 4) is 0 Å². The molecule has 0 bridgehead atoms. The Kier molecular flexibility index (Phi) is 6.88. The van der Waals surface area contributed by atoms with Crippen molar-refractivity contribution in [1.82, 2.24) is 15.5 Å². The van der Waals surface area contributed by atoms with Crippen LogP contribution in [0.15, 0.2) is 24.3 Å². The molecule has 1 heterocycles. The lowest BCUT2D eigenvalue weighted by molar-refractivity contribution is -0.136. The molecule has 1 saturated carbocycles. The van der Waals surface area contributed by atoms with Crippen molar-refractivity contribution < 1.29 is 14.4 Å². The Balaban J connectivity index is 1.39. The summed E-state index contributed by atoms with van der Waals surface area (Å²) in [4.78, 5) is 38.2. The summed E-state index contributed by atoms with van der Waals surface area (Å²) in [7, 11) is 0. The number of rotatable bonds is 7. The molecule has 2 aliphatic rings. The van der Waals surface area contributed by atoms with E-state index in [0.29, 0.717) is 30.3 Å². The van der Waals surface area contributed by atoms with Crippen LogP contribution in [0.3, 0.4) is 0 Å². The summed E-state index contributed by atoms with van der Waals surface area (Å²) in [6.07, 6.45) is 3.13. The molecule has 28 heavy (non-hydrogen) atoms. The quantitative estimate of drug-likeness (QED) is 0.521. The third kappa shape index (κ3) is 5.00. The van der Waals surface area contributed by atoms with Crippen LogP contribution >= 0.6 is 23.4 Å². The molecule has 6 nitrogen and oxygen atoms in total. The maximum atomic E-state index is 12.7. The van der Waals surface area contributed by atoms with Gasteiger partial charge < -0.3 is 10.6 Å². The molecule has 0 unspecified atom stereocenters. The molecule has 1 aliphatic carbocycles. The predicted octanol–water partition coefficient (Wildman–Crippen LogP) is 3.19. The van der Waals surface area contributed by atoms with Crippen LogP contribution in [0.4, 0.5) is 4.79 Å². The van der Waals surface area contributed by atoms with Crippen LogP contribution in [-0.4, -0.2) is 47.1 Å². The number of thioether (sulfide) groups is 1. The van der Waals surface area contributed by atoms with Crippen LogP contribution in [0.25, 0.3) is 0 Å². The van der Waals surface area contributed by atoms with Gasteiger partial charge in [0.25, 0.3) is 5.91 Å². The van der Waals surface area contributed by atoms with Crippen LogP contribution in [-0.2, 0) is 15.3 Å². The summed E-state index contributed by atoms with van der Waals surface area (Å²) < 4.78 is 0. The number of hydrogen-bond donors (Lipinski definition) is 2. The first-order chi connectivity index (χ1) is 13.4. The molecule has 152 valence electrons. The molecular formula is C20H26ClN3O3S. The van der Waals surface area contributed by atoms with E-state index in [0.717, 1.165) is 29.2 Å². The molecule has 1 aromatic rings. The Morgan fingerprint density at radius 2 is 1.96 bits per heavy atom. The zero-order valence-corrected chi connectivity index (χ0v) is 17.6. The molecule has 4 amide bonds. The number of amides is 4. The zero-order valence-electron chi connectivity index (χ0n) is 16.0. The average Bonchev–Trinajstić information content (AvgIpc) is 2.90. The van der Waals surface area contributed by atoms with Gasteiger partial charge in [0.05, 0.1) is 0 Å². The van der Waals surface area contributed by atoms with Gasteiger partial charge in [-0.15, -0.1) is 0 Å². The summed E-state index contributed by atoms with van der Waals surface area (Å²) in [5, 5.41) is 6.34. The largest absolute Gasteiger partial charge is 0.354 e. The smallest absolute Gasteiger partial charge is 0.325 e. The molecule has 1 aromatic carbocycles. The minimum absolute atomic E-state index is 0.218. The van der Waals surface area contributed by atoms with E-state index in [9.17, 15) is 14.4 Å². The van der Waals surface area contributed by atoms with Gasteiger partial charge in [-0.05, 0) is 49.3 Å². The number of benzene rings is 1. The van der Waals surface area contributed by atoms with Crippen molar-refractivity contribution in [3.05, 3.63) is 34.9 Å². The number of hydrogen-bond acceptors (Lipinski definition) is 4. The van der Waals surface area contributed by atoms with E-state index < -0.39 is 11.6 Å². The minimum atomic E-state index is -0.793. The number of halogens is 1. The monoisotopic (exact) mass is 423 g/mol. The molecule has 3 rings (SSSR count). The summed E-state index contributed by atoms with van der Waals surface area (Å²) in [5.41, 5.74) is 0.380. The number of nitrogens with zero attached hydrogens (tertiary/aromatic N) is 1. The fourth-order valence-corrected chi connectivity index (χ4v) is 4.59. The van der Waals surface area contributed by atoms with E-state index in [-0.39, 0.29) is 18.4 Å². The highest BCUT2D eigenvalue weighted by atomic mass is 35.5. The molecule has 1 spiro atoms. The van der Waals surface area contributed by atoms with E-state index in [2.05, 4.69) is 17.6 Å². The van der Waals surface area contributed by atoms with E-state index in [1.807, 2.05) is 24.3 Å². The van der Waals surface area contributed by atoms with E-state index in [4.69, 9.17) is 11.6 Å². The van der Waals surface area contributed by atoms with Gasteiger partial charge in [0.2, 0.25) is 5.91 Å². The third-order valence-corrected chi connectivity index (χ3v) is 6.71. The average molecular weight is 424 g/mol. The Morgan fingerprint density at radius 1 is 1.29 bits per heavy atom. The summed E-state index contributed by atoms with van der Waals surface area (Å²) >= 11 is 7.56. The predicted molar refractivity (Wildman–Crippen MR) is 111 cm³/mol. The number of carbonyl (C=O) groups is 3. The van der Waals surface area contributed by atoms with Crippen molar-refractivity contribution in [3.63, 3.8) is 0 Å². The molecule has 0 atom stereocenters. The van der Waals surface area contributed by atoms with Crippen LogP contribution in [0.5, 0.6) is 0 Å². The lowest BCUT2D eigenvalue weighted by Gasteiger charge is -2.33.